The number of carbonyl (C=O) groups excluding carboxylic acids is 1. The molecule has 1 N–H and O–H groups in total. The number of hydrogen-bond acceptors (Lipinski definition) is 4. The first kappa shape index (κ1) is 10.5. The molecule has 1 saturated carbocycles. The van der Waals surface area contributed by atoms with Crippen LogP contribution in [0.5, 0.6) is 0 Å². The van der Waals surface area contributed by atoms with E-state index in [9.17, 15) is 4.79 Å². The molecule has 16 heavy (non-hydrogen) atoms. The van der Waals surface area contributed by atoms with Gasteiger partial charge in [0.1, 0.15) is 12.2 Å². The fraction of sp³-hybridized carbons (Fsp3) is 0.917. The van der Waals surface area contributed by atoms with Crippen molar-refractivity contribution in [3.63, 3.8) is 0 Å². The number of piperidine rings is 1. The summed E-state index contributed by atoms with van der Waals surface area (Å²) in [7, 11) is 0. The first-order valence-electron chi connectivity index (χ1n) is 6.23. The molecule has 4 nitrogen and oxygen atoms in total. The number of carbonyl (C=O) groups is 1. The quantitative estimate of drug-likeness (QED) is 0.621. The summed E-state index contributed by atoms with van der Waals surface area (Å²) in [5.74, 6) is -0.183. The van der Waals surface area contributed by atoms with Gasteiger partial charge in [0.05, 0.1) is 6.61 Å². The molecule has 3 aliphatic rings. The van der Waals surface area contributed by atoms with Gasteiger partial charge in [0.2, 0.25) is 0 Å². The molecule has 2 spiro atoms. The molecule has 2 aliphatic heterocycles. The Bertz CT molecular complexity index is 299. The zero-order chi connectivity index (χ0) is 11.1. The van der Waals surface area contributed by atoms with Crippen molar-refractivity contribution in [1.29, 1.82) is 0 Å². The van der Waals surface area contributed by atoms with Crippen molar-refractivity contribution in [1.82, 2.24) is 5.32 Å². The highest BCUT2D eigenvalue weighted by Gasteiger charge is 2.52. The van der Waals surface area contributed by atoms with Crippen LogP contribution in [-0.2, 0) is 14.3 Å². The van der Waals surface area contributed by atoms with Gasteiger partial charge in [-0.25, -0.2) is 4.79 Å². The molecule has 0 aromatic heterocycles. The van der Waals surface area contributed by atoms with E-state index in [1.807, 2.05) is 0 Å². The summed E-state index contributed by atoms with van der Waals surface area (Å²) < 4.78 is 10.9. The van der Waals surface area contributed by atoms with E-state index < -0.39 is 0 Å². The van der Waals surface area contributed by atoms with Crippen LogP contribution in [0.15, 0.2) is 0 Å². The molecule has 3 rings (SSSR count). The minimum atomic E-state index is -0.285. The summed E-state index contributed by atoms with van der Waals surface area (Å²) in [4.78, 5) is 11.3. The van der Waals surface area contributed by atoms with E-state index in [4.69, 9.17) is 9.47 Å². The molecule has 2 heterocycles. The molecule has 0 aromatic rings. The molecular formula is C12H19NO3. The molecule has 2 saturated heterocycles. The van der Waals surface area contributed by atoms with Gasteiger partial charge >= 0.3 is 5.97 Å². The van der Waals surface area contributed by atoms with E-state index in [2.05, 4.69) is 5.32 Å². The second kappa shape index (κ2) is 3.70. The smallest absolute Gasteiger partial charge is 0.332 e. The monoisotopic (exact) mass is 225 g/mol. The summed E-state index contributed by atoms with van der Waals surface area (Å²) >= 11 is 0. The Labute approximate surface area is 95.7 Å². The van der Waals surface area contributed by atoms with Crippen LogP contribution in [0, 0.1) is 5.41 Å². The summed E-state index contributed by atoms with van der Waals surface area (Å²) in [6.07, 6.45) is 5.61. The summed E-state index contributed by atoms with van der Waals surface area (Å²) in [5.41, 5.74) is 0.124. The van der Waals surface area contributed by atoms with E-state index in [1.165, 1.54) is 19.3 Å². The van der Waals surface area contributed by atoms with Gasteiger partial charge < -0.3 is 14.8 Å². The van der Waals surface area contributed by atoms with Gasteiger partial charge in [-0.3, -0.25) is 0 Å². The predicted molar refractivity (Wildman–Crippen MR) is 58.0 cm³/mol. The van der Waals surface area contributed by atoms with E-state index in [-0.39, 0.29) is 18.2 Å². The Morgan fingerprint density at radius 1 is 1.12 bits per heavy atom. The number of esters is 1. The van der Waals surface area contributed by atoms with Gasteiger partial charge in [-0.2, -0.15) is 0 Å². The molecule has 0 aromatic carbocycles. The van der Waals surface area contributed by atoms with Crippen LogP contribution in [0.4, 0.5) is 0 Å². The van der Waals surface area contributed by atoms with Crippen LogP contribution in [-0.4, -0.2) is 37.9 Å². The van der Waals surface area contributed by atoms with E-state index in [0.29, 0.717) is 12.0 Å². The molecule has 1 unspecified atom stereocenters. The predicted octanol–water partition coefficient (Wildman–Crippen LogP) is 0.852. The molecule has 3 fully saturated rings. The third-order valence-electron chi connectivity index (χ3n) is 4.39. The lowest BCUT2D eigenvalue weighted by molar-refractivity contribution is -0.190. The first-order valence-corrected chi connectivity index (χ1v) is 6.23. The fourth-order valence-corrected chi connectivity index (χ4v) is 3.57. The zero-order valence-electron chi connectivity index (χ0n) is 9.59. The van der Waals surface area contributed by atoms with E-state index >= 15 is 0 Å². The largest absolute Gasteiger partial charge is 0.455 e. The van der Waals surface area contributed by atoms with Crippen LogP contribution in [0.2, 0.25) is 0 Å². The van der Waals surface area contributed by atoms with Gasteiger partial charge in [-0.15, -0.1) is 0 Å². The average Bonchev–Trinajstić information content (AvgIpc) is 2.58. The second-order valence-corrected chi connectivity index (χ2v) is 5.58. The molecule has 1 atom stereocenters. The van der Waals surface area contributed by atoms with Crippen molar-refractivity contribution in [3.05, 3.63) is 0 Å². The van der Waals surface area contributed by atoms with Crippen LogP contribution in [0.3, 0.4) is 0 Å². The van der Waals surface area contributed by atoms with Crippen LogP contribution < -0.4 is 5.32 Å². The molecule has 0 radical (unpaired) electrons. The Hall–Kier alpha value is -0.610. The third-order valence-corrected chi connectivity index (χ3v) is 4.39. The summed E-state index contributed by atoms with van der Waals surface area (Å²) in [6.45, 7) is 2.94. The summed E-state index contributed by atoms with van der Waals surface area (Å²) in [5, 5.41) is 3.40. The SMILES string of the molecule is O=C1COCC2(CCC3(CCNCC3)C2)O1. The van der Waals surface area contributed by atoms with Crippen molar-refractivity contribution in [2.24, 2.45) is 5.41 Å². The van der Waals surface area contributed by atoms with E-state index in [0.717, 1.165) is 25.9 Å². The minimum Gasteiger partial charge on any atom is -0.455 e. The lowest BCUT2D eigenvalue weighted by Crippen LogP contribution is -2.45. The molecule has 0 amide bonds. The van der Waals surface area contributed by atoms with Gasteiger partial charge in [-0.05, 0) is 50.6 Å². The van der Waals surface area contributed by atoms with Crippen LogP contribution in [0.25, 0.3) is 0 Å². The first-order chi connectivity index (χ1) is 7.72. The van der Waals surface area contributed by atoms with Gasteiger partial charge in [-0.1, -0.05) is 0 Å². The van der Waals surface area contributed by atoms with Gasteiger partial charge in [0.15, 0.2) is 0 Å². The normalized spacial score (nSPS) is 37.9. The molecular weight excluding hydrogens is 206 g/mol. The Morgan fingerprint density at radius 2 is 1.94 bits per heavy atom. The second-order valence-electron chi connectivity index (χ2n) is 5.58. The van der Waals surface area contributed by atoms with Crippen molar-refractivity contribution < 1.29 is 14.3 Å². The standard InChI is InChI=1S/C12H19NO3/c14-10-7-15-9-12(16-10)2-1-11(8-12)3-5-13-6-4-11/h13H,1-9H2. The number of hydrogen-bond donors (Lipinski definition) is 1. The highest BCUT2D eigenvalue weighted by atomic mass is 16.6. The number of ether oxygens (including phenoxy) is 2. The zero-order valence-corrected chi connectivity index (χ0v) is 9.59. The molecule has 4 heteroatoms. The number of nitrogens with one attached hydrogen (secondary N) is 1. The van der Waals surface area contributed by atoms with Crippen molar-refractivity contribution in [2.45, 2.75) is 37.7 Å². The van der Waals surface area contributed by atoms with Crippen molar-refractivity contribution >= 4 is 5.97 Å². The Balaban J connectivity index is 1.73. The van der Waals surface area contributed by atoms with Crippen LogP contribution in [0.1, 0.15) is 32.1 Å². The highest BCUT2D eigenvalue weighted by molar-refractivity contribution is 5.72. The fourth-order valence-electron chi connectivity index (χ4n) is 3.57. The highest BCUT2D eigenvalue weighted by Crippen LogP contribution is 2.51. The van der Waals surface area contributed by atoms with E-state index in [1.54, 1.807) is 0 Å². The van der Waals surface area contributed by atoms with Crippen molar-refractivity contribution in [3.8, 4) is 0 Å². The maximum absolute atomic E-state index is 11.3. The molecule has 1 aliphatic carbocycles. The summed E-state index contributed by atoms with van der Waals surface area (Å²) in [6, 6.07) is 0. The lowest BCUT2D eigenvalue weighted by atomic mass is 9.76. The van der Waals surface area contributed by atoms with Crippen LogP contribution >= 0.6 is 0 Å². The maximum Gasteiger partial charge on any atom is 0.332 e. The molecule has 0 bridgehead atoms. The number of rotatable bonds is 0. The molecule has 90 valence electrons. The van der Waals surface area contributed by atoms with Gasteiger partial charge in [0, 0.05) is 0 Å². The third kappa shape index (κ3) is 1.74. The van der Waals surface area contributed by atoms with Crippen molar-refractivity contribution in [2.75, 3.05) is 26.3 Å². The topological polar surface area (TPSA) is 47.6 Å². The van der Waals surface area contributed by atoms with Gasteiger partial charge in [0.25, 0.3) is 0 Å². The average molecular weight is 225 g/mol. The minimum absolute atomic E-state index is 0.135. The maximum atomic E-state index is 11.3. The lowest BCUT2D eigenvalue weighted by Gasteiger charge is -2.38. The Kier molecular flexibility index (Phi) is 2.44. The Morgan fingerprint density at radius 3 is 2.69 bits per heavy atom.